The molecule has 0 aliphatic heterocycles. The zero-order chi connectivity index (χ0) is 11.7. The van der Waals surface area contributed by atoms with Crippen LogP contribution < -0.4 is 4.72 Å². The summed E-state index contributed by atoms with van der Waals surface area (Å²) in [5, 5.41) is 0. The lowest BCUT2D eigenvalue weighted by molar-refractivity contribution is 0.158. The van der Waals surface area contributed by atoms with E-state index in [9.17, 15) is 8.42 Å². The molecule has 0 rings (SSSR count). The Bertz CT molecular complexity index is 272. The number of hydrogen-bond donors (Lipinski definition) is 1. The second kappa shape index (κ2) is 7.84. The van der Waals surface area contributed by atoms with Gasteiger partial charge in [-0.15, -0.1) is 0 Å². The number of hydrogen-bond acceptors (Lipinski definition) is 3. The Balaban J connectivity index is 3.59. The number of sulfonamides is 1. The van der Waals surface area contributed by atoms with Crippen LogP contribution in [-0.4, -0.2) is 33.9 Å². The lowest BCUT2D eigenvalue weighted by Gasteiger charge is -2.06. The first-order chi connectivity index (χ1) is 6.95. The first-order valence-electron chi connectivity index (χ1n) is 5.17. The largest absolute Gasteiger partial charge is 0.377 e. The molecular weight excluding hydrogens is 214 g/mol. The van der Waals surface area contributed by atoms with Crippen LogP contribution in [0.4, 0.5) is 0 Å². The van der Waals surface area contributed by atoms with E-state index >= 15 is 0 Å². The van der Waals surface area contributed by atoms with E-state index in [4.69, 9.17) is 4.74 Å². The van der Waals surface area contributed by atoms with Crippen molar-refractivity contribution in [3.05, 3.63) is 12.2 Å². The summed E-state index contributed by atoms with van der Waals surface area (Å²) in [6.45, 7) is 5.19. The van der Waals surface area contributed by atoms with Crippen molar-refractivity contribution in [2.75, 3.05) is 19.5 Å². The molecule has 0 saturated heterocycles. The Morgan fingerprint density at radius 3 is 2.67 bits per heavy atom. The molecule has 0 aliphatic rings. The molecule has 0 saturated carbocycles. The molecule has 0 bridgehead atoms. The first kappa shape index (κ1) is 14.6. The number of ether oxygens (including phenoxy) is 1. The van der Waals surface area contributed by atoms with Crippen molar-refractivity contribution in [2.45, 2.75) is 32.7 Å². The van der Waals surface area contributed by atoms with Gasteiger partial charge >= 0.3 is 0 Å². The van der Waals surface area contributed by atoms with Gasteiger partial charge in [-0.25, -0.2) is 13.1 Å². The highest BCUT2D eigenvalue weighted by molar-refractivity contribution is 7.88. The third-order valence-electron chi connectivity index (χ3n) is 1.68. The number of unbranched alkanes of at least 4 members (excludes halogenated alkanes) is 1. The van der Waals surface area contributed by atoms with E-state index in [1.807, 2.05) is 6.08 Å². The second-order valence-corrected chi connectivity index (χ2v) is 5.32. The summed E-state index contributed by atoms with van der Waals surface area (Å²) in [7, 11) is -3.12. The molecule has 0 aliphatic carbocycles. The molecule has 0 unspecified atom stereocenters. The molecule has 4 nitrogen and oxygen atoms in total. The standard InChI is InChI=1S/C10H21NO3S/c1-4-5-8-14-9-6-7-10(2)11-15(3,12)13/h6-7,10-11H,4-5,8-9H2,1-3H3/b7-6-/t10-/m1/s1. The summed E-state index contributed by atoms with van der Waals surface area (Å²) < 4.78 is 29.4. The normalized spacial score (nSPS) is 14.6. The molecule has 5 heteroatoms. The molecule has 15 heavy (non-hydrogen) atoms. The Labute approximate surface area is 92.8 Å². The third-order valence-corrected chi connectivity index (χ3v) is 2.48. The highest BCUT2D eigenvalue weighted by Gasteiger charge is 2.03. The van der Waals surface area contributed by atoms with Crippen molar-refractivity contribution < 1.29 is 13.2 Å². The predicted octanol–water partition coefficient (Wildman–Crippen LogP) is 1.30. The van der Waals surface area contributed by atoms with Gasteiger partial charge in [0.15, 0.2) is 0 Å². The van der Waals surface area contributed by atoms with Crippen molar-refractivity contribution >= 4 is 10.0 Å². The van der Waals surface area contributed by atoms with Crippen molar-refractivity contribution in [3.63, 3.8) is 0 Å². The summed E-state index contributed by atoms with van der Waals surface area (Å²) in [5.74, 6) is 0. The maximum atomic E-state index is 10.8. The summed E-state index contributed by atoms with van der Waals surface area (Å²) in [5.41, 5.74) is 0. The average Bonchev–Trinajstić information content (AvgIpc) is 2.08. The highest BCUT2D eigenvalue weighted by atomic mass is 32.2. The fraction of sp³-hybridized carbons (Fsp3) is 0.800. The van der Waals surface area contributed by atoms with Crippen LogP contribution in [0.15, 0.2) is 12.2 Å². The van der Waals surface area contributed by atoms with E-state index in [-0.39, 0.29) is 6.04 Å². The van der Waals surface area contributed by atoms with Crippen molar-refractivity contribution in [3.8, 4) is 0 Å². The van der Waals surface area contributed by atoms with Gasteiger partial charge in [-0.1, -0.05) is 25.5 Å². The maximum absolute atomic E-state index is 10.8. The van der Waals surface area contributed by atoms with Gasteiger partial charge in [0.2, 0.25) is 10.0 Å². The fourth-order valence-electron chi connectivity index (χ4n) is 1.03. The topological polar surface area (TPSA) is 55.4 Å². The van der Waals surface area contributed by atoms with Crippen LogP contribution in [-0.2, 0) is 14.8 Å². The molecule has 0 heterocycles. The van der Waals surface area contributed by atoms with Crippen LogP contribution in [0.1, 0.15) is 26.7 Å². The van der Waals surface area contributed by atoms with E-state index in [0.717, 1.165) is 25.7 Å². The Morgan fingerprint density at radius 1 is 1.47 bits per heavy atom. The minimum atomic E-state index is -3.12. The van der Waals surface area contributed by atoms with Crippen molar-refractivity contribution in [1.29, 1.82) is 0 Å². The van der Waals surface area contributed by atoms with Gasteiger partial charge in [-0.05, 0) is 13.3 Å². The fourth-order valence-corrected chi connectivity index (χ4v) is 1.79. The van der Waals surface area contributed by atoms with Gasteiger partial charge in [-0.2, -0.15) is 0 Å². The van der Waals surface area contributed by atoms with Crippen LogP contribution in [0.2, 0.25) is 0 Å². The number of rotatable bonds is 8. The van der Waals surface area contributed by atoms with E-state index in [1.54, 1.807) is 13.0 Å². The van der Waals surface area contributed by atoms with E-state index in [0.29, 0.717) is 6.61 Å². The molecule has 0 radical (unpaired) electrons. The van der Waals surface area contributed by atoms with Crippen LogP contribution >= 0.6 is 0 Å². The molecule has 0 fully saturated rings. The van der Waals surface area contributed by atoms with Gasteiger partial charge in [0.25, 0.3) is 0 Å². The van der Waals surface area contributed by atoms with Crippen molar-refractivity contribution in [2.24, 2.45) is 0 Å². The molecule has 90 valence electrons. The quantitative estimate of drug-likeness (QED) is 0.509. The third kappa shape index (κ3) is 11.5. The van der Waals surface area contributed by atoms with E-state index < -0.39 is 10.0 Å². The Morgan fingerprint density at radius 2 is 2.13 bits per heavy atom. The zero-order valence-electron chi connectivity index (χ0n) is 9.69. The summed E-state index contributed by atoms with van der Waals surface area (Å²) in [4.78, 5) is 0. The minimum Gasteiger partial charge on any atom is -0.377 e. The summed E-state index contributed by atoms with van der Waals surface area (Å²) >= 11 is 0. The average molecular weight is 235 g/mol. The van der Waals surface area contributed by atoms with Crippen LogP contribution in [0.3, 0.4) is 0 Å². The van der Waals surface area contributed by atoms with Gasteiger partial charge < -0.3 is 4.74 Å². The molecule has 1 atom stereocenters. The monoisotopic (exact) mass is 235 g/mol. The molecule has 0 spiro atoms. The van der Waals surface area contributed by atoms with E-state index in [2.05, 4.69) is 11.6 Å². The predicted molar refractivity (Wildman–Crippen MR) is 62.3 cm³/mol. The zero-order valence-corrected chi connectivity index (χ0v) is 10.5. The van der Waals surface area contributed by atoms with Gasteiger partial charge in [0, 0.05) is 12.6 Å². The second-order valence-electron chi connectivity index (χ2n) is 3.54. The van der Waals surface area contributed by atoms with Gasteiger partial charge in [-0.3, -0.25) is 0 Å². The van der Waals surface area contributed by atoms with Gasteiger partial charge in [0.05, 0.1) is 12.9 Å². The van der Waals surface area contributed by atoms with Crippen LogP contribution in [0.25, 0.3) is 0 Å². The minimum absolute atomic E-state index is 0.185. The molecule has 0 aromatic rings. The first-order valence-corrected chi connectivity index (χ1v) is 7.06. The lowest BCUT2D eigenvalue weighted by Crippen LogP contribution is -2.29. The lowest BCUT2D eigenvalue weighted by atomic mass is 10.3. The van der Waals surface area contributed by atoms with Crippen molar-refractivity contribution in [1.82, 2.24) is 4.72 Å². The smallest absolute Gasteiger partial charge is 0.209 e. The number of nitrogens with one attached hydrogen (secondary N) is 1. The molecular formula is C10H21NO3S. The molecule has 0 aromatic carbocycles. The molecule has 1 N–H and O–H groups in total. The van der Waals surface area contributed by atoms with E-state index in [1.165, 1.54) is 0 Å². The SMILES string of the molecule is CCCCOC/C=C\[C@@H](C)NS(C)(=O)=O. The van der Waals surface area contributed by atoms with Crippen LogP contribution in [0.5, 0.6) is 0 Å². The Kier molecular flexibility index (Phi) is 7.64. The molecule has 0 aromatic heterocycles. The Hall–Kier alpha value is -0.390. The molecule has 0 amide bonds. The van der Waals surface area contributed by atoms with Crippen LogP contribution in [0, 0.1) is 0 Å². The maximum Gasteiger partial charge on any atom is 0.209 e. The summed E-state index contributed by atoms with van der Waals surface area (Å²) in [6.07, 6.45) is 6.95. The summed E-state index contributed by atoms with van der Waals surface area (Å²) in [6, 6.07) is -0.185. The highest BCUT2D eigenvalue weighted by Crippen LogP contribution is 1.91. The van der Waals surface area contributed by atoms with Gasteiger partial charge in [0.1, 0.15) is 0 Å².